The second-order valence-corrected chi connectivity index (χ2v) is 7.02. The number of carbonyl (C=O) groups is 1. The summed E-state index contributed by atoms with van der Waals surface area (Å²) >= 11 is 0. The first-order chi connectivity index (χ1) is 11.6. The molecule has 5 nitrogen and oxygen atoms in total. The molecule has 0 unspecified atom stereocenters. The van der Waals surface area contributed by atoms with Gasteiger partial charge in [0.1, 0.15) is 5.75 Å². The number of nitrogens with zero attached hydrogens (tertiary/aromatic N) is 1. The quantitative estimate of drug-likeness (QED) is 0.886. The zero-order valence-corrected chi connectivity index (χ0v) is 15.7. The van der Waals surface area contributed by atoms with Crippen molar-refractivity contribution in [2.45, 2.75) is 37.6 Å². The highest BCUT2D eigenvalue weighted by atomic mass is 35.5. The molecule has 2 fully saturated rings. The van der Waals surface area contributed by atoms with Gasteiger partial charge in [-0.15, -0.1) is 12.4 Å². The van der Waals surface area contributed by atoms with Crippen molar-refractivity contribution in [3.8, 4) is 5.75 Å². The molecule has 2 heterocycles. The van der Waals surface area contributed by atoms with Crippen LogP contribution in [-0.4, -0.2) is 49.8 Å². The molecule has 6 heteroatoms. The standard InChI is InChI=1S/C19H28N2O3.ClH/c1-23-17-5-3-2-4-16(17)14-15-6-10-21(11-7-15)18(22)19(20)8-12-24-13-9-19;/h2-5,15H,6-14,20H2,1H3;1H. The number of hydrogen-bond acceptors (Lipinski definition) is 4. The van der Waals surface area contributed by atoms with Crippen molar-refractivity contribution in [3.05, 3.63) is 29.8 Å². The third kappa shape index (κ3) is 4.66. The molecule has 0 radical (unpaired) electrons. The van der Waals surface area contributed by atoms with E-state index in [-0.39, 0.29) is 18.3 Å². The third-order valence-electron chi connectivity index (χ3n) is 5.41. The van der Waals surface area contributed by atoms with Crippen LogP contribution in [0.3, 0.4) is 0 Å². The molecule has 1 aromatic rings. The van der Waals surface area contributed by atoms with E-state index in [1.54, 1.807) is 7.11 Å². The van der Waals surface area contributed by atoms with Crippen molar-refractivity contribution in [1.29, 1.82) is 0 Å². The van der Waals surface area contributed by atoms with Crippen LogP contribution in [0.25, 0.3) is 0 Å². The maximum atomic E-state index is 12.8. The minimum Gasteiger partial charge on any atom is -0.496 e. The highest BCUT2D eigenvalue weighted by molar-refractivity contribution is 5.86. The Morgan fingerprint density at radius 2 is 1.92 bits per heavy atom. The lowest BCUT2D eigenvalue weighted by molar-refractivity contribution is -0.142. The van der Waals surface area contributed by atoms with Crippen molar-refractivity contribution in [3.63, 3.8) is 0 Å². The van der Waals surface area contributed by atoms with Crippen LogP contribution in [0, 0.1) is 5.92 Å². The first-order valence-electron chi connectivity index (χ1n) is 8.90. The molecule has 0 bridgehead atoms. The van der Waals surface area contributed by atoms with Gasteiger partial charge >= 0.3 is 0 Å². The van der Waals surface area contributed by atoms with E-state index in [0.29, 0.717) is 32.0 Å². The molecule has 1 aromatic carbocycles. The summed E-state index contributed by atoms with van der Waals surface area (Å²) in [5, 5.41) is 0. The first kappa shape index (κ1) is 20.0. The summed E-state index contributed by atoms with van der Waals surface area (Å²) in [5.41, 5.74) is 6.88. The number of halogens is 1. The summed E-state index contributed by atoms with van der Waals surface area (Å²) in [6.07, 6.45) is 4.32. The lowest BCUT2D eigenvalue weighted by Gasteiger charge is -2.40. The molecule has 140 valence electrons. The molecule has 0 aliphatic carbocycles. The molecule has 0 spiro atoms. The van der Waals surface area contributed by atoms with E-state index in [9.17, 15) is 4.79 Å². The maximum Gasteiger partial charge on any atom is 0.242 e. The van der Waals surface area contributed by atoms with Gasteiger partial charge in [0.05, 0.1) is 12.6 Å². The maximum absolute atomic E-state index is 12.8. The van der Waals surface area contributed by atoms with E-state index in [0.717, 1.165) is 38.1 Å². The Balaban J connectivity index is 0.00000225. The second-order valence-electron chi connectivity index (χ2n) is 7.02. The van der Waals surface area contributed by atoms with Crippen LogP contribution in [0.1, 0.15) is 31.2 Å². The average molecular weight is 369 g/mol. The van der Waals surface area contributed by atoms with Crippen molar-refractivity contribution in [2.24, 2.45) is 11.7 Å². The van der Waals surface area contributed by atoms with Crippen LogP contribution >= 0.6 is 12.4 Å². The SMILES string of the molecule is COc1ccccc1CC1CCN(C(=O)C2(N)CCOCC2)CC1.Cl. The first-order valence-corrected chi connectivity index (χ1v) is 8.90. The van der Waals surface area contributed by atoms with E-state index in [1.165, 1.54) is 5.56 Å². The number of nitrogens with two attached hydrogens (primary N) is 1. The number of carbonyl (C=O) groups excluding carboxylic acids is 1. The Labute approximate surface area is 156 Å². The summed E-state index contributed by atoms with van der Waals surface area (Å²) in [5.74, 6) is 1.66. The van der Waals surface area contributed by atoms with Gasteiger partial charge in [0.2, 0.25) is 5.91 Å². The lowest BCUT2D eigenvalue weighted by atomic mass is 9.86. The average Bonchev–Trinajstić information content (AvgIpc) is 2.63. The van der Waals surface area contributed by atoms with Crippen molar-refractivity contribution in [1.82, 2.24) is 4.90 Å². The number of rotatable bonds is 4. The van der Waals surface area contributed by atoms with Crippen LogP contribution in [-0.2, 0) is 16.0 Å². The number of benzene rings is 1. The monoisotopic (exact) mass is 368 g/mol. The second kappa shape index (κ2) is 8.88. The Hall–Kier alpha value is -1.30. The van der Waals surface area contributed by atoms with Crippen molar-refractivity contribution < 1.29 is 14.3 Å². The van der Waals surface area contributed by atoms with E-state index in [4.69, 9.17) is 15.2 Å². The van der Waals surface area contributed by atoms with Gasteiger partial charge in [-0.1, -0.05) is 18.2 Å². The van der Waals surface area contributed by atoms with Gasteiger partial charge in [-0.05, 0) is 49.7 Å². The van der Waals surface area contributed by atoms with Crippen LogP contribution in [0.4, 0.5) is 0 Å². The fraction of sp³-hybridized carbons (Fsp3) is 0.632. The molecule has 2 N–H and O–H groups in total. The summed E-state index contributed by atoms with van der Waals surface area (Å²) in [6.45, 7) is 2.79. The van der Waals surface area contributed by atoms with Crippen LogP contribution in [0.15, 0.2) is 24.3 Å². The molecular formula is C19H29ClN2O3. The molecule has 0 saturated carbocycles. The molecule has 2 aliphatic heterocycles. The number of hydrogen-bond donors (Lipinski definition) is 1. The van der Waals surface area contributed by atoms with Gasteiger partial charge < -0.3 is 20.1 Å². The Morgan fingerprint density at radius 3 is 2.56 bits per heavy atom. The lowest BCUT2D eigenvalue weighted by Crippen LogP contribution is -2.59. The summed E-state index contributed by atoms with van der Waals surface area (Å²) in [7, 11) is 1.72. The Bertz CT molecular complexity index is 568. The summed E-state index contributed by atoms with van der Waals surface area (Å²) < 4.78 is 10.8. The van der Waals surface area contributed by atoms with E-state index in [2.05, 4.69) is 12.1 Å². The van der Waals surface area contributed by atoms with Crippen LogP contribution < -0.4 is 10.5 Å². The van der Waals surface area contributed by atoms with Crippen molar-refractivity contribution >= 4 is 18.3 Å². The molecular weight excluding hydrogens is 340 g/mol. The van der Waals surface area contributed by atoms with E-state index < -0.39 is 5.54 Å². The number of ether oxygens (including phenoxy) is 2. The zero-order chi connectivity index (χ0) is 17.0. The predicted molar refractivity (Wildman–Crippen MR) is 100 cm³/mol. The van der Waals surface area contributed by atoms with Crippen LogP contribution in [0.5, 0.6) is 5.75 Å². The number of methoxy groups -OCH3 is 1. The highest BCUT2D eigenvalue weighted by Crippen LogP contribution is 2.28. The summed E-state index contributed by atoms with van der Waals surface area (Å²) in [6, 6.07) is 8.20. The van der Waals surface area contributed by atoms with E-state index >= 15 is 0 Å². The Morgan fingerprint density at radius 1 is 1.28 bits per heavy atom. The van der Waals surface area contributed by atoms with Crippen molar-refractivity contribution in [2.75, 3.05) is 33.4 Å². The minimum atomic E-state index is -0.715. The summed E-state index contributed by atoms with van der Waals surface area (Å²) in [4.78, 5) is 14.7. The number of likely N-dealkylation sites (tertiary alicyclic amines) is 1. The molecule has 3 rings (SSSR count). The Kier molecular flexibility index (Phi) is 7.11. The van der Waals surface area contributed by atoms with Gasteiger partial charge in [-0.2, -0.15) is 0 Å². The molecule has 0 atom stereocenters. The normalized spacial score (nSPS) is 20.6. The number of piperidine rings is 1. The van der Waals surface area contributed by atoms with Gasteiger partial charge in [-0.25, -0.2) is 0 Å². The fourth-order valence-electron chi connectivity index (χ4n) is 3.79. The molecule has 0 aromatic heterocycles. The van der Waals surface area contributed by atoms with Gasteiger partial charge in [0, 0.05) is 26.3 Å². The minimum absolute atomic E-state index is 0. The fourth-order valence-corrected chi connectivity index (χ4v) is 3.79. The molecule has 1 amide bonds. The predicted octanol–water partition coefficient (Wildman–Crippen LogP) is 2.41. The number of amides is 1. The van der Waals surface area contributed by atoms with Gasteiger partial charge in [0.25, 0.3) is 0 Å². The zero-order valence-electron chi connectivity index (χ0n) is 14.9. The topological polar surface area (TPSA) is 64.8 Å². The van der Waals surface area contributed by atoms with Gasteiger partial charge in [-0.3, -0.25) is 4.79 Å². The molecule has 25 heavy (non-hydrogen) atoms. The molecule has 2 saturated heterocycles. The van der Waals surface area contributed by atoms with E-state index in [1.807, 2.05) is 17.0 Å². The number of para-hydroxylation sites is 1. The smallest absolute Gasteiger partial charge is 0.242 e. The molecule has 2 aliphatic rings. The third-order valence-corrected chi connectivity index (χ3v) is 5.41. The van der Waals surface area contributed by atoms with Crippen LogP contribution in [0.2, 0.25) is 0 Å². The highest BCUT2D eigenvalue weighted by Gasteiger charge is 2.39. The largest absolute Gasteiger partial charge is 0.496 e. The van der Waals surface area contributed by atoms with Gasteiger partial charge in [0.15, 0.2) is 0 Å².